The Morgan fingerprint density at radius 2 is 1.88 bits per heavy atom. The zero-order valence-corrected chi connectivity index (χ0v) is 15.8. The van der Waals surface area contributed by atoms with E-state index >= 15 is 0 Å². The van der Waals surface area contributed by atoms with E-state index in [1.54, 1.807) is 6.07 Å². The van der Waals surface area contributed by atoms with E-state index in [9.17, 15) is 9.18 Å². The SMILES string of the molecule is CC(C)C(=O)Cc1ccc(/C=C/c2cn(C)c3ccc(F)cc23)c(Cl)c1. The van der Waals surface area contributed by atoms with Crippen molar-refractivity contribution in [2.24, 2.45) is 13.0 Å². The van der Waals surface area contributed by atoms with Crippen LogP contribution in [0.2, 0.25) is 5.02 Å². The van der Waals surface area contributed by atoms with Gasteiger partial charge >= 0.3 is 0 Å². The summed E-state index contributed by atoms with van der Waals surface area (Å²) < 4.78 is 15.5. The summed E-state index contributed by atoms with van der Waals surface area (Å²) in [7, 11) is 1.94. The van der Waals surface area contributed by atoms with Crippen LogP contribution in [0.5, 0.6) is 0 Å². The summed E-state index contributed by atoms with van der Waals surface area (Å²) in [4.78, 5) is 11.9. The third-order valence-electron chi connectivity index (χ3n) is 4.51. The fourth-order valence-corrected chi connectivity index (χ4v) is 3.19. The second-order valence-corrected chi connectivity index (χ2v) is 7.25. The van der Waals surface area contributed by atoms with Gasteiger partial charge in [0.2, 0.25) is 0 Å². The zero-order chi connectivity index (χ0) is 18.8. The maximum Gasteiger partial charge on any atom is 0.139 e. The van der Waals surface area contributed by atoms with Crippen molar-refractivity contribution in [2.45, 2.75) is 20.3 Å². The molecule has 1 aromatic heterocycles. The summed E-state index contributed by atoms with van der Waals surface area (Å²) in [5, 5.41) is 1.46. The standard InChI is InChI=1S/C22H21ClFNO/c1-14(2)22(26)11-15-4-5-16(20(23)10-15)6-7-17-13-25(3)21-9-8-18(24)12-19(17)21/h4-10,12-14H,11H2,1-3H3/b7-6+. The molecular weight excluding hydrogens is 349 g/mol. The Bertz CT molecular complexity index is 1000. The first kappa shape index (κ1) is 18.4. The van der Waals surface area contributed by atoms with Gasteiger partial charge in [-0.25, -0.2) is 4.39 Å². The Morgan fingerprint density at radius 1 is 1.15 bits per heavy atom. The van der Waals surface area contributed by atoms with Crippen molar-refractivity contribution >= 4 is 40.4 Å². The normalized spacial score (nSPS) is 11.8. The molecular formula is C22H21ClFNO. The minimum absolute atomic E-state index is 0.0140. The van der Waals surface area contributed by atoms with Gasteiger partial charge in [-0.1, -0.05) is 49.7 Å². The molecule has 3 rings (SSSR count). The number of hydrogen-bond donors (Lipinski definition) is 0. The van der Waals surface area contributed by atoms with Crippen LogP contribution in [0.3, 0.4) is 0 Å². The zero-order valence-electron chi connectivity index (χ0n) is 15.1. The second kappa shape index (κ2) is 7.46. The number of Topliss-reactive ketones (excluding diaryl/α,β-unsaturated/α-hetero) is 1. The molecule has 0 radical (unpaired) electrons. The third-order valence-corrected chi connectivity index (χ3v) is 4.84. The van der Waals surface area contributed by atoms with Crippen LogP contribution in [0.1, 0.15) is 30.5 Å². The number of benzene rings is 2. The fraction of sp³-hybridized carbons (Fsp3) is 0.227. The molecule has 2 nitrogen and oxygen atoms in total. The quantitative estimate of drug-likeness (QED) is 0.548. The predicted octanol–water partition coefficient (Wildman–Crippen LogP) is 5.91. The van der Waals surface area contributed by atoms with Crippen LogP contribution in [-0.2, 0) is 18.3 Å². The number of nitrogens with zero attached hydrogens (tertiary/aromatic N) is 1. The molecule has 0 amide bonds. The van der Waals surface area contributed by atoms with E-state index in [-0.39, 0.29) is 17.5 Å². The monoisotopic (exact) mass is 369 g/mol. The highest BCUT2D eigenvalue weighted by atomic mass is 35.5. The average Bonchev–Trinajstić information content (AvgIpc) is 2.89. The Morgan fingerprint density at radius 3 is 2.58 bits per heavy atom. The van der Waals surface area contributed by atoms with Gasteiger partial charge in [-0.05, 0) is 35.4 Å². The van der Waals surface area contributed by atoms with Crippen molar-refractivity contribution in [2.75, 3.05) is 0 Å². The number of halogens is 2. The number of carbonyl (C=O) groups is 1. The van der Waals surface area contributed by atoms with Gasteiger partial charge in [0.15, 0.2) is 0 Å². The second-order valence-electron chi connectivity index (χ2n) is 6.84. The summed E-state index contributed by atoms with van der Waals surface area (Å²) in [5.41, 5.74) is 3.68. The Balaban J connectivity index is 1.87. The minimum Gasteiger partial charge on any atom is -0.350 e. The van der Waals surface area contributed by atoms with Crippen LogP contribution in [0.15, 0.2) is 42.6 Å². The molecule has 0 aliphatic rings. The van der Waals surface area contributed by atoms with Gasteiger partial charge in [0.05, 0.1) is 0 Å². The maximum atomic E-state index is 13.6. The molecule has 0 saturated carbocycles. The van der Waals surface area contributed by atoms with Gasteiger partial charge in [-0.3, -0.25) is 4.79 Å². The predicted molar refractivity (Wildman–Crippen MR) is 107 cm³/mol. The van der Waals surface area contributed by atoms with E-state index in [0.29, 0.717) is 11.4 Å². The van der Waals surface area contributed by atoms with Gasteiger partial charge in [-0.2, -0.15) is 0 Å². The van der Waals surface area contributed by atoms with E-state index in [1.165, 1.54) is 12.1 Å². The molecule has 0 N–H and O–H groups in total. The van der Waals surface area contributed by atoms with Crippen LogP contribution in [0.25, 0.3) is 23.1 Å². The first-order chi connectivity index (χ1) is 12.3. The minimum atomic E-state index is -0.254. The lowest BCUT2D eigenvalue weighted by Crippen LogP contribution is -2.10. The smallest absolute Gasteiger partial charge is 0.139 e. The summed E-state index contributed by atoms with van der Waals surface area (Å²) in [6.07, 6.45) is 6.20. The largest absolute Gasteiger partial charge is 0.350 e. The number of aromatic nitrogens is 1. The van der Waals surface area contributed by atoms with Gasteiger partial charge in [0.25, 0.3) is 0 Å². The van der Waals surface area contributed by atoms with Crippen molar-refractivity contribution < 1.29 is 9.18 Å². The average molecular weight is 370 g/mol. The van der Waals surface area contributed by atoms with Gasteiger partial charge < -0.3 is 4.57 Å². The first-order valence-electron chi connectivity index (χ1n) is 8.59. The number of aryl methyl sites for hydroxylation is 1. The highest BCUT2D eigenvalue weighted by molar-refractivity contribution is 6.32. The molecule has 0 saturated heterocycles. The summed E-state index contributed by atoms with van der Waals surface area (Å²) in [6.45, 7) is 3.79. The van der Waals surface area contributed by atoms with E-state index in [1.807, 2.05) is 62.0 Å². The van der Waals surface area contributed by atoms with Crippen LogP contribution in [0, 0.1) is 11.7 Å². The molecule has 1 heterocycles. The molecule has 0 aliphatic heterocycles. The summed E-state index contributed by atoms with van der Waals surface area (Å²) >= 11 is 6.38. The molecule has 0 atom stereocenters. The van der Waals surface area contributed by atoms with Gasteiger partial charge in [0.1, 0.15) is 11.6 Å². The molecule has 2 aromatic carbocycles. The Kier molecular flexibility index (Phi) is 5.28. The fourth-order valence-electron chi connectivity index (χ4n) is 2.93. The van der Waals surface area contributed by atoms with Crippen LogP contribution >= 0.6 is 11.6 Å². The van der Waals surface area contributed by atoms with Crippen LogP contribution < -0.4 is 0 Å². The Labute approximate surface area is 157 Å². The molecule has 134 valence electrons. The molecule has 26 heavy (non-hydrogen) atoms. The lowest BCUT2D eigenvalue weighted by molar-refractivity contribution is -0.121. The molecule has 0 spiro atoms. The van der Waals surface area contributed by atoms with Crippen molar-refractivity contribution in [1.29, 1.82) is 0 Å². The molecule has 0 unspecified atom stereocenters. The van der Waals surface area contributed by atoms with Crippen LogP contribution in [0.4, 0.5) is 4.39 Å². The first-order valence-corrected chi connectivity index (χ1v) is 8.96. The number of ketones is 1. The highest BCUT2D eigenvalue weighted by Crippen LogP contribution is 2.26. The molecule has 4 heteroatoms. The third kappa shape index (κ3) is 3.88. The van der Waals surface area contributed by atoms with Crippen molar-refractivity contribution in [3.8, 4) is 0 Å². The number of hydrogen-bond acceptors (Lipinski definition) is 1. The summed E-state index contributed by atoms with van der Waals surface area (Å²) in [5.74, 6) is -0.0437. The maximum absolute atomic E-state index is 13.6. The van der Waals surface area contributed by atoms with Crippen molar-refractivity contribution in [3.05, 3.63) is 70.1 Å². The van der Waals surface area contributed by atoms with Gasteiger partial charge in [-0.15, -0.1) is 0 Å². The van der Waals surface area contributed by atoms with E-state index in [0.717, 1.165) is 27.6 Å². The number of fused-ring (bicyclic) bond motifs is 1. The molecule has 0 bridgehead atoms. The lowest BCUT2D eigenvalue weighted by atomic mass is 10.00. The van der Waals surface area contributed by atoms with E-state index in [2.05, 4.69) is 0 Å². The molecule has 0 fully saturated rings. The van der Waals surface area contributed by atoms with Crippen molar-refractivity contribution in [3.63, 3.8) is 0 Å². The summed E-state index contributed by atoms with van der Waals surface area (Å²) in [6, 6.07) is 10.4. The van der Waals surface area contributed by atoms with E-state index in [4.69, 9.17) is 11.6 Å². The topological polar surface area (TPSA) is 22.0 Å². The molecule has 3 aromatic rings. The molecule has 0 aliphatic carbocycles. The lowest BCUT2D eigenvalue weighted by Gasteiger charge is -2.06. The van der Waals surface area contributed by atoms with Crippen molar-refractivity contribution in [1.82, 2.24) is 4.57 Å². The van der Waals surface area contributed by atoms with E-state index < -0.39 is 0 Å². The Hall–Kier alpha value is -2.39. The number of carbonyl (C=O) groups excluding carboxylic acids is 1. The number of rotatable bonds is 5. The van der Waals surface area contributed by atoms with Gasteiger partial charge in [0, 0.05) is 47.1 Å². The highest BCUT2D eigenvalue weighted by Gasteiger charge is 2.10. The van der Waals surface area contributed by atoms with Crippen LogP contribution in [-0.4, -0.2) is 10.4 Å².